The summed E-state index contributed by atoms with van der Waals surface area (Å²) in [5.41, 5.74) is 0. The van der Waals surface area contributed by atoms with Gasteiger partial charge in [0.2, 0.25) is 0 Å². The first-order chi connectivity index (χ1) is 11.2. The van der Waals surface area contributed by atoms with E-state index in [4.69, 9.17) is 0 Å². The topological polar surface area (TPSA) is 34.1 Å². The Morgan fingerprint density at radius 2 is 0.826 bits per heavy atom. The van der Waals surface area contributed by atoms with Crippen LogP contribution in [0.25, 0.3) is 0 Å². The van der Waals surface area contributed by atoms with Crippen LogP contribution < -0.4 is 0 Å². The van der Waals surface area contributed by atoms with Crippen molar-refractivity contribution in [3.05, 3.63) is 0 Å². The Labute approximate surface area is 144 Å². The molecule has 0 fully saturated rings. The Balaban J connectivity index is 3.11. The van der Waals surface area contributed by atoms with Gasteiger partial charge < -0.3 is 0 Å². The van der Waals surface area contributed by atoms with E-state index in [1.807, 2.05) is 0 Å². The summed E-state index contributed by atoms with van der Waals surface area (Å²) in [6.45, 7) is 4.03. The lowest BCUT2D eigenvalue weighted by Gasteiger charge is -2.03. The molecule has 23 heavy (non-hydrogen) atoms. The summed E-state index contributed by atoms with van der Waals surface area (Å²) in [5.74, 6) is -0.363. The molecule has 0 amide bonds. The fraction of sp³-hybridized carbons (Fsp3) is 0.905. The lowest BCUT2D eigenvalue weighted by Crippen LogP contribution is -2.11. The Hall–Kier alpha value is -0.660. The summed E-state index contributed by atoms with van der Waals surface area (Å²) in [6.07, 6.45) is 20.7. The second-order valence-electron chi connectivity index (χ2n) is 6.90. The normalized spacial score (nSPS) is 10.9. The largest absolute Gasteiger partial charge is 0.291 e. The molecule has 0 saturated heterocycles. The Morgan fingerprint density at radius 1 is 0.478 bits per heavy atom. The highest BCUT2D eigenvalue weighted by atomic mass is 16.2. The van der Waals surface area contributed by atoms with Gasteiger partial charge in [-0.15, -0.1) is 0 Å². The molecular weight excluding hydrogens is 284 g/mol. The van der Waals surface area contributed by atoms with Crippen LogP contribution in [0.5, 0.6) is 0 Å². The van der Waals surface area contributed by atoms with Crippen molar-refractivity contribution >= 4 is 11.6 Å². The predicted molar refractivity (Wildman–Crippen MR) is 99.9 cm³/mol. The minimum absolute atomic E-state index is 0.165. The average Bonchev–Trinajstić information content (AvgIpc) is 2.57. The van der Waals surface area contributed by atoms with Gasteiger partial charge in [0.05, 0.1) is 0 Å². The molecule has 0 aromatic rings. The molecule has 0 aromatic heterocycles. The zero-order chi connectivity index (χ0) is 17.2. The van der Waals surface area contributed by atoms with Crippen LogP contribution in [-0.2, 0) is 9.59 Å². The van der Waals surface area contributed by atoms with Gasteiger partial charge in [0.15, 0.2) is 11.6 Å². The number of hydrogen-bond acceptors (Lipinski definition) is 2. The summed E-state index contributed by atoms with van der Waals surface area (Å²) >= 11 is 0. The quantitative estimate of drug-likeness (QED) is 0.205. The molecule has 0 aliphatic carbocycles. The molecule has 0 unspecified atom stereocenters. The third-order valence-electron chi connectivity index (χ3n) is 4.64. The first-order valence-corrected chi connectivity index (χ1v) is 10.3. The molecule has 0 aliphatic rings. The van der Waals surface area contributed by atoms with Gasteiger partial charge in [0, 0.05) is 12.8 Å². The highest BCUT2D eigenvalue weighted by Gasteiger charge is 2.09. The number of ketones is 2. The highest BCUT2D eigenvalue weighted by molar-refractivity contribution is 6.37. The Kier molecular flexibility index (Phi) is 17.2. The zero-order valence-corrected chi connectivity index (χ0v) is 15.8. The maximum Gasteiger partial charge on any atom is 0.198 e. The number of Topliss-reactive ketones (excluding diaryl/α,β-unsaturated/α-hetero) is 2. The second kappa shape index (κ2) is 17.7. The van der Waals surface area contributed by atoms with E-state index in [0.717, 1.165) is 12.8 Å². The summed E-state index contributed by atoms with van der Waals surface area (Å²) < 4.78 is 0. The molecule has 0 bridgehead atoms. The number of carbonyl (C=O) groups is 2. The second-order valence-corrected chi connectivity index (χ2v) is 6.90. The van der Waals surface area contributed by atoms with Crippen molar-refractivity contribution in [1.29, 1.82) is 0 Å². The molecule has 2 nitrogen and oxygen atoms in total. The molecule has 0 atom stereocenters. The van der Waals surface area contributed by atoms with Gasteiger partial charge in [-0.25, -0.2) is 0 Å². The highest BCUT2D eigenvalue weighted by Crippen LogP contribution is 2.13. The third kappa shape index (κ3) is 16.0. The van der Waals surface area contributed by atoms with E-state index in [2.05, 4.69) is 6.92 Å². The number of carbonyl (C=O) groups excluding carboxylic acids is 2. The van der Waals surface area contributed by atoms with Crippen LogP contribution in [0.3, 0.4) is 0 Å². The maximum absolute atomic E-state index is 11.4. The minimum Gasteiger partial charge on any atom is -0.291 e. The number of rotatable bonds is 18. The molecule has 136 valence electrons. The molecule has 0 radical (unpaired) electrons. The molecule has 0 saturated carbocycles. The smallest absolute Gasteiger partial charge is 0.198 e. The fourth-order valence-corrected chi connectivity index (χ4v) is 2.99. The summed E-state index contributed by atoms with van der Waals surface area (Å²) in [6, 6.07) is 0. The van der Waals surface area contributed by atoms with Crippen LogP contribution in [0.1, 0.15) is 123 Å². The van der Waals surface area contributed by atoms with Gasteiger partial charge in [-0.2, -0.15) is 0 Å². The van der Waals surface area contributed by atoms with Gasteiger partial charge in [0.1, 0.15) is 0 Å². The molecule has 0 aliphatic heterocycles. The van der Waals surface area contributed by atoms with Gasteiger partial charge in [0.25, 0.3) is 0 Å². The van der Waals surface area contributed by atoms with E-state index in [0.29, 0.717) is 12.8 Å². The Morgan fingerprint density at radius 3 is 1.17 bits per heavy atom. The fourth-order valence-electron chi connectivity index (χ4n) is 2.99. The molecule has 0 rings (SSSR count). The molecular formula is C21H40O2. The van der Waals surface area contributed by atoms with E-state index >= 15 is 0 Å². The summed E-state index contributed by atoms with van der Waals surface area (Å²) in [5, 5.41) is 0. The van der Waals surface area contributed by atoms with Crippen LogP contribution in [0.2, 0.25) is 0 Å². The average molecular weight is 325 g/mol. The van der Waals surface area contributed by atoms with Crippen molar-refractivity contribution in [2.75, 3.05) is 0 Å². The van der Waals surface area contributed by atoms with Crippen LogP contribution in [-0.4, -0.2) is 11.6 Å². The van der Waals surface area contributed by atoms with E-state index in [-0.39, 0.29) is 11.6 Å². The van der Waals surface area contributed by atoms with Gasteiger partial charge in [-0.3, -0.25) is 9.59 Å². The standard InChI is InChI=1S/C21H40O2/c1-3-5-6-7-8-9-10-11-12-13-14-15-16-17-18-19-21(23)20(22)4-2/h3-19H2,1-2H3. The summed E-state index contributed by atoms with van der Waals surface area (Å²) in [4.78, 5) is 22.5. The monoisotopic (exact) mass is 324 g/mol. The lowest BCUT2D eigenvalue weighted by atomic mass is 10.0. The Bertz CT molecular complexity index is 284. The third-order valence-corrected chi connectivity index (χ3v) is 4.64. The molecule has 0 N–H and O–H groups in total. The maximum atomic E-state index is 11.4. The van der Waals surface area contributed by atoms with Crippen molar-refractivity contribution in [3.8, 4) is 0 Å². The van der Waals surface area contributed by atoms with Crippen molar-refractivity contribution in [1.82, 2.24) is 0 Å². The number of unbranched alkanes of at least 4 members (excludes halogenated alkanes) is 14. The molecule has 0 spiro atoms. The first-order valence-electron chi connectivity index (χ1n) is 10.3. The van der Waals surface area contributed by atoms with Crippen LogP contribution in [0.15, 0.2) is 0 Å². The molecule has 0 heterocycles. The van der Waals surface area contributed by atoms with Crippen molar-refractivity contribution in [2.45, 2.75) is 123 Å². The van der Waals surface area contributed by atoms with E-state index in [1.54, 1.807) is 6.92 Å². The van der Waals surface area contributed by atoms with Crippen LogP contribution >= 0.6 is 0 Å². The van der Waals surface area contributed by atoms with Crippen LogP contribution in [0.4, 0.5) is 0 Å². The van der Waals surface area contributed by atoms with Gasteiger partial charge in [-0.1, -0.05) is 104 Å². The van der Waals surface area contributed by atoms with Crippen molar-refractivity contribution < 1.29 is 9.59 Å². The summed E-state index contributed by atoms with van der Waals surface area (Å²) in [7, 11) is 0. The molecule has 2 heteroatoms. The van der Waals surface area contributed by atoms with E-state index in [1.165, 1.54) is 83.5 Å². The van der Waals surface area contributed by atoms with E-state index in [9.17, 15) is 9.59 Å². The molecule has 0 aromatic carbocycles. The van der Waals surface area contributed by atoms with Crippen molar-refractivity contribution in [2.24, 2.45) is 0 Å². The number of hydrogen-bond donors (Lipinski definition) is 0. The zero-order valence-electron chi connectivity index (χ0n) is 15.8. The van der Waals surface area contributed by atoms with Crippen molar-refractivity contribution in [3.63, 3.8) is 0 Å². The minimum atomic E-state index is -0.199. The lowest BCUT2D eigenvalue weighted by molar-refractivity contribution is -0.136. The SMILES string of the molecule is CCCCCCCCCCCCCCCCCC(=O)C(=O)CC. The van der Waals surface area contributed by atoms with Gasteiger partial charge in [-0.05, 0) is 6.42 Å². The predicted octanol–water partition coefficient (Wildman–Crippen LogP) is 6.80. The van der Waals surface area contributed by atoms with Crippen LogP contribution in [0, 0.1) is 0 Å². The van der Waals surface area contributed by atoms with Gasteiger partial charge >= 0.3 is 0 Å². The first kappa shape index (κ1) is 22.3. The van der Waals surface area contributed by atoms with E-state index < -0.39 is 0 Å².